The smallest absolute Gasteiger partial charge is 0.203 e. The van der Waals surface area contributed by atoms with Crippen molar-refractivity contribution in [3.05, 3.63) is 53.6 Å². The molecule has 30 heavy (non-hydrogen) atoms. The Morgan fingerprint density at radius 1 is 0.700 bits per heavy atom. The first-order chi connectivity index (χ1) is 14.7. The van der Waals surface area contributed by atoms with Crippen molar-refractivity contribution < 1.29 is 19.0 Å². The van der Waals surface area contributed by atoms with Crippen LogP contribution in [0.4, 0.5) is 0 Å². The average Bonchev–Trinajstić information content (AvgIpc) is 2.79. The van der Waals surface area contributed by atoms with E-state index in [4.69, 9.17) is 14.2 Å². The van der Waals surface area contributed by atoms with Gasteiger partial charge in [-0.05, 0) is 37.0 Å². The SMILES string of the molecule is COc1cc(CCCCCCCCCCC(=O)c2ccccc2)cc(OC)c1OC. The van der Waals surface area contributed by atoms with Crippen molar-refractivity contribution in [1.82, 2.24) is 0 Å². The largest absolute Gasteiger partial charge is 0.493 e. The number of Topliss-reactive ketones (excluding diaryl/α,β-unsaturated/α-hetero) is 1. The minimum absolute atomic E-state index is 0.266. The van der Waals surface area contributed by atoms with Gasteiger partial charge in [-0.1, -0.05) is 68.9 Å². The summed E-state index contributed by atoms with van der Waals surface area (Å²) in [5, 5.41) is 0. The van der Waals surface area contributed by atoms with Crippen LogP contribution in [0.1, 0.15) is 73.7 Å². The number of ether oxygens (including phenoxy) is 3. The number of benzene rings is 2. The predicted molar refractivity (Wildman–Crippen MR) is 122 cm³/mol. The molecule has 0 aromatic heterocycles. The van der Waals surface area contributed by atoms with Crippen molar-refractivity contribution >= 4 is 5.78 Å². The van der Waals surface area contributed by atoms with Crippen molar-refractivity contribution in [2.24, 2.45) is 0 Å². The summed E-state index contributed by atoms with van der Waals surface area (Å²) in [4.78, 5) is 12.1. The zero-order chi connectivity index (χ0) is 21.6. The van der Waals surface area contributed by atoms with E-state index in [1.54, 1.807) is 21.3 Å². The number of carbonyl (C=O) groups is 1. The number of carbonyl (C=O) groups excluding carboxylic acids is 1. The third-order valence-corrected chi connectivity index (χ3v) is 5.44. The summed E-state index contributed by atoms with van der Waals surface area (Å²) in [5.41, 5.74) is 2.05. The highest BCUT2D eigenvalue weighted by molar-refractivity contribution is 5.95. The van der Waals surface area contributed by atoms with E-state index in [2.05, 4.69) is 0 Å². The monoisotopic (exact) mass is 412 g/mol. The van der Waals surface area contributed by atoms with Gasteiger partial charge < -0.3 is 14.2 Å². The third-order valence-electron chi connectivity index (χ3n) is 5.44. The normalized spacial score (nSPS) is 10.6. The highest BCUT2D eigenvalue weighted by Gasteiger charge is 2.12. The zero-order valence-electron chi connectivity index (χ0n) is 18.7. The first kappa shape index (κ1) is 23.8. The molecule has 0 aliphatic heterocycles. The molecule has 0 fully saturated rings. The van der Waals surface area contributed by atoms with Gasteiger partial charge in [0, 0.05) is 12.0 Å². The summed E-state index contributed by atoms with van der Waals surface area (Å²) in [6, 6.07) is 13.7. The predicted octanol–water partition coefficient (Wildman–Crippen LogP) is 6.65. The fraction of sp³-hybridized carbons (Fsp3) is 0.500. The second-order valence-corrected chi connectivity index (χ2v) is 7.65. The molecule has 2 rings (SSSR count). The van der Waals surface area contributed by atoms with Gasteiger partial charge in [-0.15, -0.1) is 0 Å². The Hall–Kier alpha value is -2.49. The maximum atomic E-state index is 12.1. The molecule has 2 aromatic rings. The highest BCUT2D eigenvalue weighted by atomic mass is 16.5. The van der Waals surface area contributed by atoms with Crippen LogP contribution >= 0.6 is 0 Å². The molecule has 0 radical (unpaired) electrons. The van der Waals surface area contributed by atoms with Crippen molar-refractivity contribution in [3.8, 4) is 17.2 Å². The Balaban J connectivity index is 1.54. The Kier molecular flexibility index (Phi) is 10.8. The standard InChI is InChI=1S/C26H36O4/c1-28-24-19-21(20-25(29-2)26(24)30-3)15-11-8-6-4-5-7-9-14-18-23(27)22-16-12-10-13-17-22/h10,12-13,16-17,19-20H,4-9,11,14-15,18H2,1-3H3. The first-order valence-electron chi connectivity index (χ1n) is 11.1. The van der Waals surface area contributed by atoms with Gasteiger partial charge >= 0.3 is 0 Å². The van der Waals surface area contributed by atoms with Gasteiger partial charge in [0.25, 0.3) is 0 Å². The molecule has 0 amide bonds. The molecule has 0 N–H and O–H groups in total. The van der Waals surface area contributed by atoms with Crippen molar-refractivity contribution in [3.63, 3.8) is 0 Å². The van der Waals surface area contributed by atoms with Gasteiger partial charge in [-0.2, -0.15) is 0 Å². The van der Waals surface area contributed by atoms with E-state index in [1.807, 2.05) is 42.5 Å². The molecular weight excluding hydrogens is 376 g/mol. The van der Waals surface area contributed by atoms with Crippen LogP contribution in [0.25, 0.3) is 0 Å². The van der Waals surface area contributed by atoms with Crippen molar-refractivity contribution in [2.75, 3.05) is 21.3 Å². The molecule has 0 atom stereocenters. The van der Waals surface area contributed by atoms with E-state index in [0.717, 1.165) is 42.7 Å². The minimum Gasteiger partial charge on any atom is -0.493 e. The van der Waals surface area contributed by atoms with Gasteiger partial charge in [-0.25, -0.2) is 0 Å². The van der Waals surface area contributed by atoms with Gasteiger partial charge in [0.05, 0.1) is 21.3 Å². The molecule has 0 spiro atoms. The molecule has 2 aromatic carbocycles. The van der Waals surface area contributed by atoms with E-state index in [-0.39, 0.29) is 5.78 Å². The fourth-order valence-corrected chi connectivity index (χ4v) is 3.72. The number of unbranched alkanes of at least 4 members (excludes halogenated alkanes) is 7. The lowest BCUT2D eigenvalue weighted by molar-refractivity contribution is 0.0979. The molecule has 0 saturated carbocycles. The number of hydrogen-bond acceptors (Lipinski definition) is 4. The molecule has 0 aliphatic rings. The molecular formula is C26H36O4. The molecule has 0 saturated heterocycles. The van der Waals surface area contributed by atoms with Crippen LogP contribution < -0.4 is 14.2 Å². The van der Waals surface area contributed by atoms with E-state index >= 15 is 0 Å². The second kappa shape index (κ2) is 13.7. The minimum atomic E-state index is 0.266. The van der Waals surface area contributed by atoms with Crippen molar-refractivity contribution in [2.45, 2.75) is 64.2 Å². The van der Waals surface area contributed by atoms with E-state index in [1.165, 1.54) is 37.7 Å². The third kappa shape index (κ3) is 7.74. The highest BCUT2D eigenvalue weighted by Crippen LogP contribution is 2.38. The lowest BCUT2D eigenvalue weighted by Gasteiger charge is -2.14. The summed E-state index contributed by atoms with van der Waals surface area (Å²) in [6.45, 7) is 0. The lowest BCUT2D eigenvalue weighted by atomic mass is 10.0. The number of ketones is 1. The Morgan fingerprint density at radius 3 is 1.77 bits per heavy atom. The Morgan fingerprint density at radius 2 is 1.23 bits per heavy atom. The fourth-order valence-electron chi connectivity index (χ4n) is 3.72. The Labute approximate surface area is 181 Å². The van der Waals surface area contributed by atoms with E-state index in [9.17, 15) is 4.79 Å². The number of rotatable bonds is 15. The van der Waals surface area contributed by atoms with E-state index < -0.39 is 0 Å². The number of hydrogen-bond donors (Lipinski definition) is 0. The first-order valence-corrected chi connectivity index (χ1v) is 11.1. The van der Waals surface area contributed by atoms with Crippen LogP contribution in [0.5, 0.6) is 17.2 Å². The maximum Gasteiger partial charge on any atom is 0.203 e. The molecule has 164 valence electrons. The Bertz CT molecular complexity index is 730. The van der Waals surface area contributed by atoms with Gasteiger partial charge in [0.2, 0.25) is 5.75 Å². The molecule has 4 heteroatoms. The van der Waals surface area contributed by atoms with Crippen LogP contribution in [0.3, 0.4) is 0 Å². The number of methoxy groups -OCH3 is 3. The topological polar surface area (TPSA) is 44.8 Å². The lowest BCUT2D eigenvalue weighted by Crippen LogP contribution is -1.98. The molecule has 0 bridgehead atoms. The maximum absolute atomic E-state index is 12.1. The van der Waals surface area contributed by atoms with E-state index in [0.29, 0.717) is 12.2 Å². The van der Waals surface area contributed by atoms with Gasteiger partial charge in [0.15, 0.2) is 17.3 Å². The average molecular weight is 413 g/mol. The summed E-state index contributed by atoms with van der Waals surface area (Å²) in [6.07, 6.45) is 11.2. The summed E-state index contributed by atoms with van der Waals surface area (Å²) in [5.74, 6) is 2.35. The van der Waals surface area contributed by atoms with Crippen LogP contribution in [0, 0.1) is 0 Å². The van der Waals surface area contributed by atoms with Crippen LogP contribution in [-0.2, 0) is 6.42 Å². The van der Waals surface area contributed by atoms with Crippen molar-refractivity contribution in [1.29, 1.82) is 0 Å². The van der Waals surface area contributed by atoms with Crippen LogP contribution in [-0.4, -0.2) is 27.1 Å². The van der Waals surface area contributed by atoms with Gasteiger partial charge in [0.1, 0.15) is 0 Å². The summed E-state index contributed by atoms with van der Waals surface area (Å²) >= 11 is 0. The number of aryl methyl sites for hydroxylation is 1. The molecule has 4 nitrogen and oxygen atoms in total. The molecule has 0 heterocycles. The summed E-state index contributed by atoms with van der Waals surface area (Å²) in [7, 11) is 4.93. The van der Waals surface area contributed by atoms with Gasteiger partial charge in [-0.3, -0.25) is 4.79 Å². The second-order valence-electron chi connectivity index (χ2n) is 7.65. The molecule has 0 aliphatic carbocycles. The van der Waals surface area contributed by atoms with Crippen LogP contribution in [0.15, 0.2) is 42.5 Å². The van der Waals surface area contributed by atoms with Crippen LogP contribution in [0.2, 0.25) is 0 Å². The molecule has 0 unspecified atom stereocenters. The summed E-state index contributed by atoms with van der Waals surface area (Å²) < 4.78 is 16.2. The quantitative estimate of drug-likeness (QED) is 0.243. The zero-order valence-corrected chi connectivity index (χ0v) is 18.7.